The molecule has 3 N–H and O–H groups in total. The molecule has 5 rings (SSSR count). The summed E-state index contributed by atoms with van der Waals surface area (Å²) in [6, 6.07) is 8.22. The molecular weight excluding hydrogens is 446 g/mol. The summed E-state index contributed by atoms with van der Waals surface area (Å²) < 4.78 is 6.41. The van der Waals surface area contributed by atoms with Gasteiger partial charge >= 0.3 is 0 Å². The zero-order valence-electron chi connectivity index (χ0n) is 18.6. The maximum atomic E-state index is 10.3. The highest BCUT2D eigenvalue weighted by Gasteiger charge is 2.69. The maximum Gasteiger partial charge on any atom is 0.226 e. The van der Waals surface area contributed by atoms with Crippen LogP contribution in [0.25, 0.3) is 20.8 Å². The van der Waals surface area contributed by atoms with Gasteiger partial charge in [-0.15, -0.1) is 11.3 Å². The van der Waals surface area contributed by atoms with Crippen molar-refractivity contribution in [3.63, 3.8) is 0 Å². The van der Waals surface area contributed by atoms with Crippen molar-refractivity contribution < 1.29 is 9.84 Å². The van der Waals surface area contributed by atoms with E-state index >= 15 is 0 Å². The molecule has 0 radical (unpaired) electrons. The lowest BCUT2D eigenvalue weighted by Gasteiger charge is -2.26. The number of anilines is 2. The van der Waals surface area contributed by atoms with Gasteiger partial charge < -0.3 is 20.5 Å². The number of hydrogen-bond donors (Lipinski definition) is 3. The molecule has 6 unspecified atom stereocenters. The average Bonchev–Trinajstić information content (AvgIpc) is 3.08. The van der Waals surface area contributed by atoms with Crippen molar-refractivity contribution in [2.24, 2.45) is 17.3 Å². The molecule has 0 amide bonds. The number of aliphatic hydroxyl groups is 1. The standard InChI is InChI=1S/C23H28ClN5O2S/c1-11(31-4)10-25-22-28-19(24)17(21-27-14-7-5-6-8-16(14)32-21)20(29-22)26-15-9-13-18(30)23(13,3)12(15)2/h5-8,11-13,15,18,30H,9-10H2,1-4H3,(H2,25,26,28,29). The Hall–Kier alpha value is -2.00. The second kappa shape index (κ2) is 8.09. The summed E-state index contributed by atoms with van der Waals surface area (Å²) in [5.41, 5.74) is 1.62. The molecule has 170 valence electrons. The van der Waals surface area contributed by atoms with E-state index in [2.05, 4.69) is 35.5 Å². The van der Waals surface area contributed by atoms with Gasteiger partial charge in [-0.2, -0.15) is 4.98 Å². The quantitative estimate of drug-likeness (QED) is 0.429. The summed E-state index contributed by atoms with van der Waals surface area (Å²) in [5, 5.41) is 18.3. The number of methoxy groups -OCH3 is 1. The van der Waals surface area contributed by atoms with Crippen molar-refractivity contribution >= 4 is 44.9 Å². The molecule has 0 spiro atoms. The van der Waals surface area contributed by atoms with Crippen LogP contribution in [0.1, 0.15) is 27.2 Å². The van der Waals surface area contributed by atoms with E-state index < -0.39 is 0 Å². The van der Waals surface area contributed by atoms with Crippen LogP contribution in [0.4, 0.5) is 11.8 Å². The number of thiazole rings is 1. The molecule has 3 aromatic rings. The lowest BCUT2D eigenvalue weighted by atomic mass is 9.90. The van der Waals surface area contributed by atoms with E-state index in [1.807, 2.05) is 25.1 Å². The van der Waals surface area contributed by atoms with Gasteiger partial charge in [-0.05, 0) is 37.3 Å². The van der Waals surface area contributed by atoms with E-state index in [1.54, 1.807) is 18.4 Å². The van der Waals surface area contributed by atoms with Gasteiger partial charge in [0.2, 0.25) is 5.95 Å². The first-order valence-electron chi connectivity index (χ1n) is 11.0. The first-order chi connectivity index (χ1) is 15.3. The van der Waals surface area contributed by atoms with Crippen molar-refractivity contribution in [3.05, 3.63) is 29.4 Å². The van der Waals surface area contributed by atoms with Crippen LogP contribution in [0.5, 0.6) is 0 Å². The zero-order chi connectivity index (χ0) is 22.6. The summed E-state index contributed by atoms with van der Waals surface area (Å²) in [6.07, 6.45) is 0.714. The lowest BCUT2D eigenvalue weighted by Crippen LogP contribution is -2.31. The second-order valence-electron chi connectivity index (χ2n) is 9.17. The van der Waals surface area contributed by atoms with Crippen molar-refractivity contribution in [1.82, 2.24) is 15.0 Å². The zero-order valence-corrected chi connectivity index (χ0v) is 20.2. The molecule has 1 aromatic carbocycles. The number of aromatic nitrogens is 3. The number of nitrogens with one attached hydrogen (secondary N) is 2. The molecule has 2 aromatic heterocycles. The first-order valence-corrected chi connectivity index (χ1v) is 12.2. The molecule has 32 heavy (non-hydrogen) atoms. The number of fused-ring (bicyclic) bond motifs is 2. The lowest BCUT2D eigenvalue weighted by molar-refractivity contribution is 0.128. The number of halogens is 1. The largest absolute Gasteiger partial charge is 0.392 e. The Kier molecular flexibility index (Phi) is 5.52. The average molecular weight is 474 g/mol. The maximum absolute atomic E-state index is 10.3. The van der Waals surface area contributed by atoms with Gasteiger partial charge in [0.1, 0.15) is 16.0 Å². The molecule has 2 aliphatic carbocycles. The molecule has 0 aliphatic heterocycles. The third-order valence-electron chi connectivity index (χ3n) is 7.45. The summed E-state index contributed by atoms with van der Waals surface area (Å²) in [6.45, 7) is 6.92. The SMILES string of the molecule is COC(C)CNc1nc(Cl)c(-c2nc3ccccc3s2)c(NC2CC3C(O)C3(C)C2C)n1. The minimum Gasteiger partial charge on any atom is -0.392 e. The molecule has 2 saturated carbocycles. The van der Waals surface area contributed by atoms with Crippen LogP contribution in [-0.4, -0.2) is 52.0 Å². The van der Waals surface area contributed by atoms with E-state index in [1.165, 1.54) is 0 Å². The molecule has 7 nitrogen and oxygen atoms in total. The van der Waals surface area contributed by atoms with Crippen LogP contribution in [0, 0.1) is 17.3 Å². The summed E-state index contributed by atoms with van der Waals surface area (Å²) >= 11 is 8.30. The topological polar surface area (TPSA) is 92.2 Å². The van der Waals surface area contributed by atoms with E-state index in [9.17, 15) is 5.11 Å². The van der Waals surface area contributed by atoms with E-state index in [4.69, 9.17) is 26.3 Å². The highest BCUT2D eigenvalue weighted by atomic mass is 35.5. The summed E-state index contributed by atoms with van der Waals surface area (Å²) in [5.74, 6) is 1.77. The Morgan fingerprint density at radius 2 is 2.09 bits per heavy atom. The highest BCUT2D eigenvalue weighted by Crippen LogP contribution is 2.66. The van der Waals surface area contributed by atoms with E-state index in [0.29, 0.717) is 35.3 Å². The van der Waals surface area contributed by atoms with Crippen LogP contribution >= 0.6 is 22.9 Å². The Bertz CT molecular complexity index is 1120. The number of ether oxygens (including phenoxy) is 1. The van der Waals surface area contributed by atoms with Gasteiger partial charge in [-0.1, -0.05) is 37.6 Å². The van der Waals surface area contributed by atoms with Gasteiger partial charge in [0.05, 0.1) is 28.0 Å². The predicted octanol–water partition coefficient (Wildman–Crippen LogP) is 4.67. The predicted molar refractivity (Wildman–Crippen MR) is 129 cm³/mol. The minimum atomic E-state index is -0.207. The smallest absolute Gasteiger partial charge is 0.226 e. The summed E-state index contributed by atoms with van der Waals surface area (Å²) in [7, 11) is 1.67. The number of nitrogens with zero attached hydrogens (tertiary/aromatic N) is 3. The molecule has 0 bridgehead atoms. The van der Waals surface area contributed by atoms with E-state index in [0.717, 1.165) is 27.2 Å². The summed E-state index contributed by atoms with van der Waals surface area (Å²) in [4.78, 5) is 14.1. The Labute approximate surface area is 196 Å². The third-order valence-corrected chi connectivity index (χ3v) is 8.77. The Morgan fingerprint density at radius 3 is 2.78 bits per heavy atom. The van der Waals surface area contributed by atoms with Gasteiger partial charge in [0.15, 0.2) is 0 Å². The highest BCUT2D eigenvalue weighted by molar-refractivity contribution is 7.21. The van der Waals surface area contributed by atoms with Gasteiger partial charge in [0.25, 0.3) is 0 Å². The fraction of sp³-hybridized carbons (Fsp3) is 0.522. The fourth-order valence-electron chi connectivity index (χ4n) is 4.96. The number of aliphatic hydroxyl groups excluding tert-OH is 1. The van der Waals surface area contributed by atoms with Crippen molar-refractivity contribution in [2.45, 2.75) is 45.4 Å². The van der Waals surface area contributed by atoms with Crippen LogP contribution in [0.15, 0.2) is 24.3 Å². The van der Waals surface area contributed by atoms with Gasteiger partial charge in [0, 0.05) is 25.1 Å². The fourth-order valence-corrected chi connectivity index (χ4v) is 6.29. The van der Waals surface area contributed by atoms with Crippen molar-refractivity contribution in [1.29, 1.82) is 0 Å². The minimum absolute atomic E-state index is 0.0149. The number of rotatable bonds is 7. The normalized spacial score (nSPS) is 29.7. The molecule has 2 aliphatic rings. The molecule has 9 heteroatoms. The van der Waals surface area contributed by atoms with Crippen LogP contribution < -0.4 is 10.6 Å². The molecule has 0 saturated heterocycles. The van der Waals surface area contributed by atoms with Crippen LogP contribution in [0.3, 0.4) is 0 Å². The third kappa shape index (κ3) is 3.53. The second-order valence-corrected chi connectivity index (χ2v) is 10.6. The van der Waals surface area contributed by atoms with Gasteiger partial charge in [-0.25, -0.2) is 9.97 Å². The Balaban J connectivity index is 1.51. The molecule has 2 fully saturated rings. The van der Waals surface area contributed by atoms with Crippen LogP contribution in [0.2, 0.25) is 5.15 Å². The molecule has 6 atom stereocenters. The van der Waals surface area contributed by atoms with Crippen LogP contribution in [-0.2, 0) is 4.74 Å². The monoisotopic (exact) mass is 473 g/mol. The van der Waals surface area contributed by atoms with E-state index in [-0.39, 0.29) is 23.7 Å². The van der Waals surface area contributed by atoms with Gasteiger partial charge in [-0.3, -0.25) is 0 Å². The molecular formula is C23H28ClN5O2S. The van der Waals surface area contributed by atoms with Crippen molar-refractivity contribution in [2.75, 3.05) is 24.3 Å². The number of benzene rings is 1. The first kappa shape index (κ1) is 21.8. The Morgan fingerprint density at radius 1 is 1.31 bits per heavy atom. The number of para-hydroxylation sites is 1. The number of hydrogen-bond acceptors (Lipinski definition) is 8. The molecule has 2 heterocycles. The van der Waals surface area contributed by atoms with Crippen molar-refractivity contribution in [3.8, 4) is 10.6 Å².